The standard InChI is InChI=1S/C30H35N3O8S/c1-32-12-14-33(15-13-32)28-24(19-23(30(34)35)29(41-5)27(28)20-9-7-6-8-10-20)31-42(36,37)16-11-22-25(39-3)17-21(38-2)18-26(22)40-4/h6-11,16-19,31H,12-15H2,1-5H3,(H,34,35). The summed E-state index contributed by atoms with van der Waals surface area (Å²) in [7, 11) is 3.66. The molecule has 42 heavy (non-hydrogen) atoms. The number of nitrogens with one attached hydrogen (secondary N) is 1. The summed E-state index contributed by atoms with van der Waals surface area (Å²) in [5, 5.41) is 11.1. The predicted octanol–water partition coefficient (Wildman–Crippen LogP) is 4.25. The zero-order valence-corrected chi connectivity index (χ0v) is 25.0. The second-order valence-corrected chi connectivity index (χ2v) is 11.2. The number of hydrogen-bond donors (Lipinski definition) is 2. The van der Waals surface area contributed by atoms with Gasteiger partial charge in [-0.15, -0.1) is 0 Å². The van der Waals surface area contributed by atoms with Crippen molar-refractivity contribution in [3.63, 3.8) is 0 Å². The molecule has 1 heterocycles. The summed E-state index contributed by atoms with van der Waals surface area (Å²) in [5.41, 5.74) is 2.05. The number of likely N-dealkylation sites (N-methyl/N-ethyl adjacent to an activating group) is 1. The maximum atomic E-state index is 13.6. The number of carbonyl (C=O) groups is 1. The summed E-state index contributed by atoms with van der Waals surface area (Å²) in [4.78, 5) is 16.6. The summed E-state index contributed by atoms with van der Waals surface area (Å²) in [6, 6.07) is 13.7. The van der Waals surface area contributed by atoms with E-state index in [9.17, 15) is 18.3 Å². The SMILES string of the molecule is COc1cc(OC)c(C=CS(=O)(=O)Nc2cc(C(=O)O)c(OC)c(-c3ccccc3)c2N2CCN(C)CC2)c(OC)c1. The van der Waals surface area contributed by atoms with Crippen molar-refractivity contribution in [2.75, 3.05) is 71.3 Å². The Morgan fingerprint density at radius 1 is 0.905 bits per heavy atom. The molecule has 1 aliphatic heterocycles. The van der Waals surface area contributed by atoms with E-state index in [1.165, 1.54) is 40.6 Å². The van der Waals surface area contributed by atoms with E-state index in [1.807, 2.05) is 42.3 Å². The van der Waals surface area contributed by atoms with Crippen molar-refractivity contribution in [3.05, 3.63) is 65.1 Å². The molecule has 11 nitrogen and oxygen atoms in total. The molecule has 0 unspecified atom stereocenters. The molecule has 0 aliphatic carbocycles. The molecule has 0 saturated carbocycles. The fourth-order valence-electron chi connectivity index (χ4n) is 4.88. The van der Waals surface area contributed by atoms with Gasteiger partial charge in [-0.05, 0) is 24.8 Å². The van der Waals surface area contributed by atoms with E-state index in [0.717, 1.165) is 18.5 Å². The third kappa shape index (κ3) is 6.55. The number of aromatic carboxylic acids is 1. The molecule has 4 rings (SSSR count). The zero-order valence-electron chi connectivity index (χ0n) is 24.2. The van der Waals surface area contributed by atoms with Gasteiger partial charge in [0.15, 0.2) is 0 Å². The first-order chi connectivity index (χ1) is 20.1. The average molecular weight is 598 g/mol. The van der Waals surface area contributed by atoms with Gasteiger partial charge in [-0.25, -0.2) is 13.2 Å². The summed E-state index contributed by atoms with van der Waals surface area (Å²) >= 11 is 0. The molecule has 0 bridgehead atoms. The van der Waals surface area contributed by atoms with Gasteiger partial charge in [0.1, 0.15) is 28.6 Å². The molecule has 224 valence electrons. The average Bonchev–Trinajstić information content (AvgIpc) is 2.99. The molecule has 0 radical (unpaired) electrons. The lowest BCUT2D eigenvalue weighted by Crippen LogP contribution is -2.45. The van der Waals surface area contributed by atoms with E-state index in [0.29, 0.717) is 52.7 Å². The van der Waals surface area contributed by atoms with Crippen LogP contribution in [-0.2, 0) is 10.0 Å². The molecule has 3 aromatic rings. The minimum Gasteiger partial charge on any atom is -0.496 e. The highest BCUT2D eigenvalue weighted by molar-refractivity contribution is 7.95. The summed E-state index contributed by atoms with van der Waals surface area (Å²) in [6.07, 6.45) is 1.36. The van der Waals surface area contributed by atoms with Gasteiger partial charge in [0, 0.05) is 38.3 Å². The van der Waals surface area contributed by atoms with Crippen LogP contribution in [0, 0.1) is 0 Å². The van der Waals surface area contributed by atoms with Crippen molar-refractivity contribution >= 4 is 33.4 Å². The van der Waals surface area contributed by atoms with Crippen molar-refractivity contribution in [2.45, 2.75) is 0 Å². The number of carboxylic acids is 1. The molecule has 1 saturated heterocycles. The smallest absolute Gasteiger partial charge is 0.339 e. The minimum absolute atomic E-state index is 0.120. The first-order valence-electron chi connectivity index (χ1n) is 13.1. The van der Waals surface area contributed by atoms with Crippen LogP contribution in [0.3, 0.4) is 0 Å². The van der Waals surface area contributed by atoms with Crippen LogP contribution in [0.15, 0.2) is 53.9 Å². The second-order valence-electron chi connectivity index (χ2n) is 9.59. The molecule has 3 aromatic carbocycles. The van der Waals surface area contributed by atoms with Crippen LogP contribution in [-0.4, -0.2) is 86.1 Å². The summed E-state index contributed by atoms with van der Waals surface area (Å²) in [6.45, 7) is 2.66. The van der Waals surface area contributed by atoms with Crippen molar-refractivity contribution in [3.8, 4) is 34.1 Å². The molecule has 1 aliphatic rings. The lowest BCUT2D eigenvalue weighted by atomic mass is 9.96. The normalized spacial score (nSPS) is 14.1. The molecule has 1 fully saturated rings. The highest BCUT2D eigenvalue weighted by Gasteiger charge is 2.29. The molecular formula is C30H35N3O8S. The molecule has 12 heteroatoms. The third-order valence-corrected chi connectivity index (χ3v) is 7.99. The fraction of sp³-hybridized carbons (Fsp3) is 0.300. The second kappa shape index (κ2) is 13.0. The Kier molecular flexibility index (Phi) is 9.48. The molecule has 0 spiro atoms. The van der Waals surface area contributed by atoms with Crippen molar-refractivity contribution in [2.24, 2.45) is 0 Å². The number of ether oxygens (including phenoxy) is 4. The Labute approximate surface area is 245 Å². The third-order valence-electron chi connectivity index (χ3n) is 6.99. The highest BCUT2D eigenvalue weighted by atomic mass is 32.2. The number of nitrogens with zero attached hydrogens (tertiary/aromatic N) is 2. The van der Waals surface area contributed by atoms with Gasteiger partial charge in [0.05, 0.1) is 56.3 Å². The number of methoxy groups -OCH3 is 4. The van der Waals surface area contributed by atoms with Gasteiger partial charge < -0.3 is 33.9 Å². The van der Waals surface area contributed by atoms with Crippen molar-refractivity contribution in [1.29, 1.82) is 0 Å². The Bertz CT molecular complexity index is 1540. The van der Waals surface area contributed by atoms with Gasteiger partial charge in [0.2, 0.25) is 0 Å². The first kappa shape index (κ1) is 30.5. The number of carboxylic acid groups (broad SMARTS) is 1. The van der Waals surface area contributed by atoms with Crippen LogP contribution in [0.4, 0.5) is 11.4 Å². The Hall–Kier alpha value is -4.42. The molecular weight excluding hydrogens is 562 g/mol. The van der Waals surface area contributed by atoms with Crippen LogP contribution in [0.1, 0.15) is 15.9 Å². The molecule has 0 aromatic heterocycles. The van der Waals surface area contributed by atoms with Crippen LogP contribution in [0.5, 0.6) is 23.0 Å². The zero-order chi connectivity index (χ0) is 30.4. The van der Waals surface area contributed by atoms with E-state index in [1.54, 1.807) is 12.1 Å². The van der Waals surface area contributed by atoms with Crippen molar-refractivity contribution in [1.82, 2.24) is 4.90 Å². The lowest BCUT2D eigenvalue weighted by Gasteiger charge is -2.37. The van der Waals surface area contributed by atoms with E-state index >= 15 is 0 Å². The molecule has 0 amide bonds. The van der Waals surface area contributed by atoms with Crippen molar-refractivity contribution < 1.29 is 37.3 Å². The van der Waals surface area contributed by atoms with E-state index in [-0.39, 0.29) is 17.0 Å². The number of benzene rings is 3. The topological polar surface area (TPSA) is 127 Å². The Balaban J connectivity index is 1.88. The summed E-state index contributed by atoms with van der Waals surface area (Å²) in [5.74, 6) is 0.0671. The van der Waals surface area contributed by atoms with E-state index in [2.05, 4.69) is 9.62 Å². The van der Waals surface area contributed by atoms with Gasteiger partial charge in [-0.3, -0.25) is 4.72 Å². The van der Waals surface area contributed by atoms with Crippen LogP contribution in [0.2, 0.25) is 0 Å². The number of rotatable bonds is 11. The Morgan fingerprint density at radius 2 is 1.52 bits per heavy atom. The number of anilines is 2. The maximum Gasteiger partial charge on any atom is 0.339 e. The maximum absolute atomic E-state index is 13.6. The van der Waals surface area contributed by atoms with Gasteiger partial charge in [-0.1, -0.05) is 30.3 Å². The fourth-order valence-corrected chi connectivity index (χ4v) is 5.72. The van der Waals surface area contributed by atoms with Gasteiger partial charge in [0.25, 0.3) is 10.0 Å². The predicted molar refractivity (Wildman–Crippen MR) is 163 cm³/mol. The number of sulfonamides is 1. The number of hydrogen-bond acceptors (Lipinski definition) is 9. The summed E-state index contributed by atoms with van der Waals surface area (Å²) < 4.78 is 51.5. The molecule has 0 atom stereocenters. The quantitative estimate of drug-likeness (QED) is 0.331. The van der Waals surface area contributed by atoms with E-state index < -0.39 is 16.0 Å². The number of piperazine rings is 1. The van der Waals surface area contributed by atoms with E-state index in [4.69, 9.17) is 18.9 Å². The van der Waals surface area contributed by atoms with Crippen LogP contribution < -0.4 is 28.6 Å². The Morgan fingerprint density at radius 3 is 2.05 bits per heavy atom. The first-order valence-corrected chi connectivity index (χ1v) is 14.6. The van der Waals surface area contributed by atoms with Gasteiger partial charge >= 0.3 is 5.97 Å². The highest BCUT2D eigenvalue weighted by Crippen LogP contribution is 2.47. The van der Waals surface area contributed by atoms with Gasteiger partial charge in [-0.2, -0.15) is 0 Å². The largest absolute Gasteiger partial charge is 0.496 e. The van der Waals surface area contributed by atoms with Crippen LogP contribution in [0.25, 0.3) is 17.2 Å². The lowest BCUT2D eigenvalue weighted by molar-refractivity contribution is 0.0693. The molecule has 2 N–H and O–H groups in total. The minimum atomic E-state index is -4.18. The monoisotopic (exact) mass is 597 g/mol. The van der Waals surface area contributed by atoms with Crippen LogP contribution >= 0.6 is 0 Å².